The lowest BCUT2D eigenvalue weighted by Crippen LogP contribution is -2.41. The first-order chi connectivity index (χ1) is 15.0. The third-order valence-corrected chi connectivity index (χ3v) is 5.94. The summed E-state index contributed by atoms with van der Waals surface area (Å²) < 4.78 is 4.68. The van der Waals surface area contributed by atoms with Crippen LogP contribution in [0.4, 0.5) is 0 Å². The fourth-order valence-electron chi connectivity index (χ4n) is 4.19. The molecule has 8 nitrogen and oxygen atoms in total. The number of nitrogens with zero attached hydrogens (tertiary/aromatic N) is 5. The van der Waals surface area contributed by atoms with Gasteiger partial charge in [-0.3, -0.25) is 14.2 Å². The zero-order valence-corrected chi connectivity index (χ0v) is 17.9. The van der Waals surface area contributed by atoms with E-state index in [0.717, 1.165) is 11.4 Å². The number of piperidine rings is 1. The second-order valence-electron chi connectivity index (χ2n) is 7.93. The average Bonchev–Trinajstić information content (AvgIpc) is 3.11. The molecular formula is C23H27N5O3. The third-order valence-electron chi connectivity index (χ3n) is 5.94. The van der Waals surface area contributed by atoms with Gasteiger partial charge in [-0.1, -0.05) is 30.3 Å². The maximum Gasteiger partial charge on any atom is 0.346 e. The van der Waals surface area contributed by atoms with Crippen LogP contribution < -0.4 is 11.2 Å². The van der Waals surface area contributed by atoms with Crippen molar-refractivity contribution in [3.05, 3.63) is 86.5 Å². The third kappa shape index (κ3) is 4.10. The molecule has 2 aromatic heterocycles. The molecule has 0 bridgehead atoms. The lowest BCUT2D eigenvalue weighted by atomic mass is 9.95. The number of aryl methyl sites for hydroxylation is 1. The molecule has 1 aromatic carbocycles. The molecule has 1 saturated heterocycles. The van der Waals surface area contributed by atoms with Crippen molar-refractivity contribution in [3.8, 4) is 0 Å². The molecule has 0 aliphatic carbocycles. The van der Waals surface area contributed by atoms with Crippen LogP contribution in [0.3, 0.4) is 0 Å². The van der Waals surface area contributed by atoms with Crippen LogP contribution in [0.1, 0.15) is 47.4 Å². The van der Waals surface area contributed by atoms with Gasteiger partial charge in [0.1, 0.15) is 11.4 Å². The number of likely N-dealkylation sites (tertiary alicyclic amines) is 1. The lowest BCUT2D eigenvalue weighted by molar-refractivity contribution is 0.0707. The fraction of sp³-hybridized carbons (Fsp3) is 0.391. The van der Waals surface area contributed by atoms with Gasteiger partial charge in [0.05, 0.1) is 6.54 Å². The number of pyridine rings is 1. The first-order valence-electron chi connectivity index (χ1n) is 10.7. The Morgan fingerprint density at radius 1 is 1.06 bits per heavy atom. The normalized spacial score (nSPS) is 14.7. The van der Waals surface area contributed by atoms with Gasteiger partial charge in [0.15, 0.2) is 0 Å². The SMILES string of the molecule is CCn1c(C2CCN(C(=O)c3cccn(C)c3=O)CC2)nn(Cc2ccccc2)c1=O. The molecule has 1 fully saturated rings. The van der Waals surface area contributed by atoms with Crippen LogP contribution in [0.15, 0.2) is 58.3 Å². The van der Waals surface area contributed by atoms with E-state index in [1.54, 1.807) is 34.8 Å². The van der Waals surface area contributed by atoms with Crippen molar-refractivity contribution in [1.29, 1.82) is 0 Å². The fourth-order valence-corrected chi connectivity index (χ4v) is 4.19. The number of carbonyl (C=O) groups is 1. The number of hydrogen-bond donors (Lipinski definition) is 0. The van der Waals surface area contributed by atoms with E-state index in [9.17, 15) is 14.4 Å². The van der Waals surface area contributed by atoms with Gasteiger partial charge < -0.3 is 9.47 Å². The van der Waals surface area contributed by atoms with Crippen molar-refractivity contribution in [2.24, 2.45) is 7.05 Å². The Kier molecular flexibility index (Phi) is 5.88. The van der Waals surface area contributed by atoms with Crippen molar-refractivity contribution >= 4 is 5.91 Å². The van der Waals surface area contributed by atoms with Crippen LogP contribution in [-0.2, 0) is 20.1 Å². The Labute approximate surface area is 180 Å². The minimum atomic E-state index is -0.283. The molecule has 4 rings (SSSR count). The van der Waals surface area contributed by atoms with Gasteiger partial charge in [-0.25, -0.2) is 9.48 Å². The predicted molar refractivity (Wildman–Crippen MR) is 117 cm³/mol. The van der Waals surface area contributed by atoms with Gasteiger partial charge in [0, 0.05) is 38.8 Å². The zero-order valence-electron chi connectivity index (χ0n) is 17.9. The van der Waals surface area contributed by atoms with Gasteiger partial charge in [0.25, 0.3) is 11.5 Å². The van der Waals surface area contributed by atoms with Crippen LogP contribution in [0.5, 0.6) is 0 Å². The Bertz CT molecular complexity index is 1180. The van der Waals surface area contributed by atoms with Crippen LogP contribution in [0.2, 0.25) is 0 Å². The van der Waals surface area contributed by atoms with Gasteiger partial charge in [-0.05, 0) is 37.5 Å². The van der Waals surface area contributed by atoms with Gasteiger partial charge in [-0.2, -0.15) is 5.10 Å². The van der Waals surface area contributed by atoms with E-state index in [1.165, 1.54) is 9.25 Å². The number of rotatable bonds is 5. The predicted octanol–water partition coefficient (Wildman–Crippen LogP) is 1.83. The molecule has 8 heteroatoms. The summed E-state index contributed by atoms with van der Waals surface area (Å²) >= 11 is 0. The molecule has 31 heavy (non-hydrogen) atoms. The second kappa shape index (κ2) is 8.75. The van der Waals surface area contributed by atoms with E-state index >= 15 is 0 Å². The van der Waals surface area contributed by atoms with E-state index in [4.69, 9.17) is 0 Å². The Morgan fingerprint density at radius 2 is 1.77 bits per heavy atom. The summed E-state index contributed by atoms with van der Waals surface area (Å²) in [7, 11) is 1.64. The molecule has 0 N–H and O–H groups in total. The standard InChI is InChI=1S/C23H27N5O3/c1-3-27-20(24-28(23(27)31)16-17-8-5-4-6-9-17)18-11-14-26(15-12-18)22(30)19-10-7-13-25(2)21(19)29/h4-10,13,18H,3,11-12,14-16H2,1-2H3. The highest BCUT2D eigenvalue weighted by Crippen LogP contribution is 2.27. The molecule has 0 spiro atoms. The highest BCUT2D eigenvalue weighted by atomic mass is 16.2. The number of amides is 1. The Morgan fingerprint density at radius 3 is 2.45 bits per heavy atom. The van der Waals surface area contributed by atoms with Crippen molar-refractivity contribution in [1.82, 2.24) is 23.8 Å². The zero-order chi connectivity index (χ0) is 22.0. The van der Waals surface area contributed by atoms with Crippen LogP contribution in [0, 0.1) is 0 Å². The minimum Gasteiger partial charge on any atom is -0.338 e. The Balaban J connectivity index is 1.50. The summed E-state index contributed by atoms with van der Waals surface area (Å²) in [5, 5.41) is 4.66. The van der Waals surface area contributed by atoms with E-state index in [1.807, 2.05) is 37.3 Å². The molecule has 3 aromatic rings. The summed E-state index contributed by atoms with van der Waals surface area (Å²) in [5.41, 5.74) is 0.838. The number of aromatic nitrogens is 4. The van der Waals surface area contributed by atoms with Gasteiger partial charge >= 0.3 is 5.69 Å². The summed E-state index contributed by atoms with van der Waals surface area (Å²) in [5.74, 6) is 0.653. The number of hydrogen-bond acceptors (Lipinski definition) is 4. The first-order valence-corrected chi connectivity index (χ1v) is 10.7. The largest absolute Gasteiger partial charge is 0.346 e. The van der Waals surface area contributed by atoms with E-state index in [0.29, 0.717) is 39.0 Å². The van der Waals surface area contributed by atoms with Crippen molar-refractivity contribution < 1.29 is 4.79 Å². The molecular weight excluding hydrogens is 394 g/mol. The summed E-state index contributed by atoms with van der Waals surface area (Å²) in [6.45, 7) is 4.01. The topological polar surface area (TPSA) is 82.1 Å². The monoisotopic (exact) mass is 421 g/mol. The maximum absolute atomic E-state index is 12.9. The Hall–Kier alpha value is -3.42. The molecule has 1 aliphatic rings. The number of benzene rings is 1. The molecule has 0 atom stereocenters. The summed E-state index contributed by atoms with van der Waals surface area (Å²) in [6, 6.07) is 13.1. The first kappa shape index (κ1) is 20.8. The quantitative estimate of drug-likeness (QED) is 0.629. The van der Waals surface area contributed by atoms with E-state index < -0.39 is 0 Å². The molecule has 0 unspecified atom stereocenters. The molecule has 1 amide bonds. The minimum absolute atomic E-state index is 0.104. The highest BCUT2D eigenvalue weighted by molar-refractivity contribution is 5.93. The molecule has 0 saturated carbocycles. The molecule has 1 aliphatic heterocycles. The summed E-state index contributed by atoms with van der Waals surface area (Å²) in [4.78, 5) is 39.7. The second-order valence-corrected chi connectivity index (χ2v) is 7.93. The van der Waals surface area contributed by atoms with Crippen LogP contribution >= 0.6 is 0 Å². The summed E-state index contributed by atoms with van der Waals surface area (Å²) in [6.07, 6.45) is 3.06. The van der Waals surface area contributed by atoms with Crippen LogP contribution in [0.25, 0.3) is 0 Å². The van der Waals surface area contributed by atoms with Gasteiger partial charge in [0.2, 0.25) is 0 Å². The van der Waals surface area contributed by atoms with Crippen LogP contribution in [-0.4, -0.2) is 42.8 Å². The maximum atomic E-state index is 12.9. The highest BCUT2D eigenvalue weighted by Gasteiger charge is 2.29. The van der Waals surface area contributed by atoms with Gasteiger partial charge in [-0.15, -0.1) is 0 Å². The van der Waals surface area contributed by atoms with E-state index in [-0.39, 0.29) is 28.6 Å². The average molecular weight is 422 g/mol. The lowest BCUT2D eigenvalue weighted by Gasteiger charge is -2.31. The van der Waals surface area contributed by atoms with Crippen molar-refractivity contribution in [2.75, 3.05) is 13.1 Å². The van der Waals surface area contributed by atoms with Crippen molar-refractivity contribution in [2.45, 2.75) is 38.8 Å². The van der Waals surface area contributed by atoms with E-state index in [2.05, 4.69) is 5.10 Å². The van der Waals surface area contributed by atoms with Crippen molar-refractivity contribution in [3.63, 3.8) is 0 Å². The molecule has 3 heterocycles. The number of carbonyl (C=O) groups excluding carboxylic acids is 1. The molecule has 0 radical (unpaired) electrons. The molecule has 162 valence electrons. The smallest absolute Gasteiger partial charge is 0.338 e.